The number of benzene rings is 1. The number of ether oxygens (including phenoxy) is 1. The summed E-state index contributed by atoms with van der Waals surface area (Å²) >= 11 is 0. The van der Waals surface area contributed by atoms with E-state index < -0.39 is 0 Å². The molecule has 3 aromatic rings. The van der Waals surface area contributed by atoms with Crippen molar-refractivity contribution in [3.63, 3.8) is 0 Å². The highest BCUT2D eigenvalue weighted by atomic mass is 16.5. The van der Waals surface area contributed by atoms with Crippen molar-refractivity contribution in [3.05, 3.63) is 48.5 Å². The second-order valence-corrected chi connectivity index (χ2v) is 6.21. The van der Waals surface area contributed by atoms with Crippen molar-refractivity contribution in [1.82, 2.24) is 24.5 Å². The molecule has 0 saturated carbocycles. The molecule has 2 aromatic heterocycles. The third-order valence-electron chi connectivity index (χ3n) is 4.59. The maximum Gasteiger partial charge on any atom is 0.254 e. The van der Waals surface area contributed by atoms with E-state index in [1.807, 2.05) is 35.4 Å². The van der Waals surface area contributed by atoms with Crippen molar-refractivity contribution >= 4 is 11.7 Å². The number of rotatable bonds is 4. The van der Waals surface area contributed by atoms with E-state index >= 15 is 0 Å². The highest BCUT2D eigenvalue weighted by Gasteiger charge is 2.29. The zero-order chi connectivity index (χ0) is 17.2. The van der Waals surface area contributed by atoms with Crippen LogP contribution in [-0.2, 0) is 4.74 Å². The van der Waals surface area contributed by atoms with Gasteiger partial charge in [0.1, 0.15) is 6.33 Å². The molecule has 0 spiro atoms. The summed E-state index contributed by atoms with van der Waals surface area (Å²) in [6, 6.07) is 7.81. The fraction of sp³-hybridized carbons (Fsp3) is 0.333. The standard InChI is InChI=1S/C18H19N5O2/c1-25-11-16-6-3-7-23(16)17(24)14-5-2-4-13(8-14)15-9-19-18-21-20-12-22(18)10-15/h2,4-5,8-10,12,16H,3,6-7,11H2,1H3. The number of methoxy groups -OCH3 is 1. The van der Waals surface area contributed by atoms with Crippen molar-refractivity contribution in [1.29, 1.82) is 0 Å². The number of aromatic nitrogens is 4. The average Bonchev–Trinajstić information content (AvgIpc) is 3.30. The van der Waals surface area contributed by atoms with Crippen LogP contribution in [-0.4, -0.2) is 56.7 Å². The van der Waals surface area contributed by atoms with E-state index in [4.69, 9.17) is 4.74 Å². The average molecular weight is 337 g/mol. The lowest BCUT2D eigenvalue weighted by Crippen LogP contribution is -2.38. The van der Waals surface area contributed by atoms with Crippen LogP contribution in [0.15, 0.2) is 43.0 Å². The SMILES string of the molecule is COCC1CCCN1C(=O)c1cccc(-c2cnc3nncn3c2)c1. The number of hydrogen-bond acceptors (Lipinski definition) is 5. The van der Waals surface area contributed by atoms with Crippen LogP contribution in [0.3, 0.4) is 0 Å². The Balaban J connectivity index is 1.63. The van der Waals surface area contributed by atoms with Crippen molar-refractivity contribution in [2.75, 3.05) is 20.3 Å². The molecule has 1 unspecified atom stereocenters. The molecule has 1 amide bonds. The van der Waals surface area contributed by atoms with E-state index in [0.717, 1.165) is 30.5 Å². The van der Waals surface area contributed by atoms with Crippen LogP contribution in [0.5, 0.6) is 0 Å². The van der Waals surface area contributed by atoms with Gasteiger partial charge in [-0.15, -0.1) is 10.2 Å². The van der Waals surface area contributed by atoms with Gasteiger partial charge >= 0.3 is 0 Å². The van der Waals surface area contributed by atoms with Crippen molar-refractivity contribution in [2.45, 2.75) is 18.9 Å². The van der Waals surface area contributed by atoms with Crippen LogP contribution >= 0.6 is 0 Å². The topological polar surface area (TPSA) is 72.6 Å². The second kappa shape index (κ2) is 6.60. The molecule has 25 heavy (non-hydrogen) atoms. The molecule has 1 saturated heterocycles. The van der Waals surface area contributed by atoms with E-state index in [1.54, 1.807) is 24.0 Å². The van der Waals surface area contributed by atoms with Gasteiger partial charge in [-0.05, 0) is 30.5 Å². The van der Waals surface area contributed by atoms with E-state index in [0.29, 0.717) is 17.9 Å². The highest BCUT2D eigenvalue weighted by molar-refractivity contribution is 5.95. The fourth-order valence-electron chi connectivity index (χ4n) is 3.35. The van der Waals surface area contributed by atoms with E-state index in [9.17, 15) is 4.79 Å². The molecular weight excluding hydrogens is 318 g/mol. The predicted molar refractivity (Wildman–Crippen MR) is 92.2 cm³/mol. The summed E-state index contributed by atoms with van der Waals surface area (Å²) in [4.78, 5) is 19.1. The first-order valence-electron chi connectivity index (χ1n) is 8.32. The number of carbonyl (C=O) groups is 1. The minimum atomic E-state index is 0.0553. The van der Waals surface area contributed by atoms with Gasteiger partial charge in [-0.1, -0.05) is 12.1 Å². The van der Waals surface area contributed by atoms with Gasteiger partial charge in [-0.25, -0.2) is 4.98 Å². The van der Waals surface area contributed by atoms with Crippen LogP contribution in [0.1, 0.15) is 23.2 Å². The third-order valence-corrected chi connectivity index (χ3v) is 4.59. The Morgan fingerprint density at radius 1 is 1.36 bits per heavy atom. The first kappa shape index (κ1) is 15.7. The van der Waals surface area contributed by atoms with Crippen molar-refractivity contribution in [3.8, 4) is 11.1 Å². The molecule has 3 heterocycles. The van der Waals surface area contributed by atoms with Gasteiger partial charge < -0.3 is 9.64 Å². The lowest BCUT2D eigenvalue weighted by atomic mass is 10.0. The molecular formula is C18H19N5O2. The maximum atomic E-state index is 12.9. The number of carbonyl (C=O) groups excluding carboxylic acids is 1. The highest BCUT2D eigenvalue weighted by Crippen LogP contribution is 2.24. The Morgan fingerprint density at radius 2 is 2.28 bits per heavy atom. The molecule has 128 valence electrons. The Bertz CT molecular complexity index is 907. The smallest absolute Gasteiger partial charge is 0.254 e. The maximum absolute atomic E-state index is 12.9. The van der Waals surface area contributed by atoms with Gasteiger partial charge in [0, 0.05) is 37.2 Å². The summed E-state index contributed by atoms with van der Waals surface area (Å²) in [5.74, 6) is 0.607. The van der Waals surface area contributed by atoms with Crippen LogP contribution in [0.4, 0.5) is 0 Å². The minimum Gasteiger partial charge on any atom is -0.383 e. The Labute approximate surface area is 145 Å². The van der Waals surface area contributed by atoms with Gasteiger partial charge in [-0.2, -0.15) is 0 Å². The third kappa shape index (κ3) is 2.98. The molecule has 0 radical (unpaired) electrons. The van der Waals surface area contributed by atoms with Crippen LogP contribution < -0.4 is 0 Å². The van der Waals surface area contributed by atoms with Gasteiger partial charge in [0.05, 0.1) is 12.6 Å². The van der Waals surface area contributed by atoms with E-state index in [1.165, 1.54) is 0 Å². The van der Waals surface area contributed by atoms with Crippen molar-refractivity contribution in [2.24, 2.45) is 0 Å². The molecule has 1 atom stereocenters. The summed E-state index contributed by atoms with van der Waals surface area (Å²) in [5.41, 5.74) is 2.54. The lowest BCUT2D eigenvalue weighted by molar-refractivity contribution is 0.0630. The normalized spacial score (nSPS) is 17.3. The van der Waals surface area contributed by atoms with Crippen LogP contribution in [0, 0.1) is 0 Å². The first-order chi connectivity index (χ1) is 12.3. The molecule has 1 fully saturated rings. The minimum absolute atomic E-state index is 0.0553. The number of hydrogen-bond donors (Lipinski definition) is 0. The second-order valence-electron chi connectivity index (χ2n) is 6.21. The molecule has 0 N–H and O–H groups in total. The molecule has 1 aliphatic heterocycles. The van der Waals surface area contributed by atoms with Gasteiger partial charge in [0.15, 0.2) is 0 Å². The molecule has 1 aliphatic rings. The first-order valence-corrected chi connectivity index (χ1v) is 8.32. The number of likely N-dealkylation sites (tertiary alicyclic amines) is 1. The molecule has 0 bridgehead atoms. The zero-order valence-corrected chi connectivity index (χ0v) is 14.0. The number of nitrogens with zero attached hydrogens (tertiary/aromatic N) is 5. The van der Waals surface area contributed by atoms with Crippen LogP contribution in [0.2, 0.25) is 0 Å². The molecule has 0 aliphatic carbocycles. The summed E-state index contributed by atoms with van der Waals surface area (Å²) < 4.78 is 7.01. The van der Waals surface area contributed by atoms with Gasteiger partial charge in [-0.3, -0.25) is 9.20 Å². The largest absolute Gasteiger partial charge is 0.383 e. The monoisotopic (exact) mass is 337 g/mol. The molecule has 7 heteroatoms. The molecule has 1 aromatic carbocycles. The quantitative estimate of drug-likeness (QED) is 0.728. The summed E-state index contributed by atoms with van der Waals surface area (Å²) in [5, 5.41) is 7.74. The Kier molecular flexibility index (Phi) is 4.15. The summed E-state index contributed by atoms with van der Waals surface area (Å²) in [6.07, 6.45) is 7.29. The van der Waals surface area contributed by atoms with Gasteiger partial charge in [0.25, 0.3) is 11.7 Å². The van der Waals surface area contributed by atoms with Gasteiger partial charge in [0.2, 0.25) is 0 Å². The summed E-state index contributed by atoms with van der Waals surface area (Å²) in [6.45, 7) is 1.37. The van der Waals surface area contributed by atoms with E-state index in [2.05, 4.69) is 15.2 Å². The summed E-state index contributed by atoms with van der Waals surface area (Å²) in [7, 11) is 1.68. The lowest BCUT2D eigenvalue weighted by Gasteiger charge is -2.24. The number of amides is 1. The zero-order valence-electron chi connectivity index (χ0n) is 14.0. The Morgan fingerprint density at radius 3 is 3.16 bits per heavy atom. The molecule has 7 nitrogen and oxygen atoms in total. The molecule has 4 rings (SSSR count). The number of fused-ring (bicyclic) bond motifs is 1. The van der Waals surface area contributed by atoms with Crippen LogP contribution in [0.25, 0.3) is 16.9 Å². The fourth-order valence-corrected chi connectivity index (χ4v) is 3.35. The predicted octanol–water partition coefficient (Wildman–Crippen LogP) is 2.04. The Hall–Kier alpha value is -2.80. The van der Waals surface area contributed by atoms with Crippen molar-refractivity contribution < 1.29 is 9.53 Å². The van der Waals surface area contributed by atoms with E-state index in [-0.39, 0.29) is 11.9 Å².